The predicted octanol–water partition coefficient (Wildman–Crippen LogP) is 6.05. The highest BCUT2D eigenvalue weighted by Crippen LogP contribution is 2.39. The molecule has 2 heterocycles. The first-order chi connectivity index (χ1) is 18.7. The topological polar surface area (TPSA) is 147 Å². The van der Waals surface area contributed by atoms with E-state index in [1.54, 1.807) is 0 Å². The van der Waals surface area contributed by atoms with Crippen LogP contribution in [0.15, 0.2) is 22.7 Å². The largest absolute Gasteiger partial charge is 0.493 e. The van der Waals surface area contributed by atoms with E-state index in [1.165, 1.54) is 18.6 Å². The maximum atomic E-state index is 13.6. The number of aromatic nitrogens is 2. The maximum absolute atomic E-state index is 13.6. The minimum Gasteiger partial charge on any atom is -0.493 e. The number of ether oxygens (including phenoxy) is 1. The number of hydrogen-bond donors (Lipinski definition) is 4. The molecule has 5 N–H and O–H groups in total. The number of hydrogen-bond acceptors (Lipinski definition) is 7. The molecule has 0 aliphatic carbocycles. The number of alkyl halides is 7. The van der Waals surface area contributed by atoms with Gasteiger partial charge in [-0.25, -0.2) is 9.18 Å². The standard InChI is InChI=1S/C21H27F4N3O2.C2HF3O2.CH4N2/c1-2-3-4-5-6-7-10-29-18-9-8-14(11-16(18)21(23,24)25)19-27-20(30-28-19)17-12-15(22)13-26-17;3-2(4,5)1(6)7;2-1-3/h8-9,11,15,17,26H,2-7,10,12-13H2,1H3;(H,6,7);1H,(H3,2,3)/t15-,17-;;/m0../s1. The Bertz CT molecular complexity index is 1050. The second kappa shape index (κ2) is 16.6. The Morgan fingerprint density at radius 2 is 1.80 bits per heavy atom. The minimum absolute atomic E-state index is 0.0297. The quantitative estimate of drug-likeness (QED) is 0.114. The van der Waals surface area contributed by atoms with E-state index in [0.29, 0.717) is 6.42 Å². The Labute approximate surface area is 225 Å². The first-order valence-electron chi connectivity index (χ1n) is 12.3. The molecule has 1 aliphatic rings. The van der Waals surface area contributed by atoms with Crippen molar-refractivity contribution in [3.8, 4) is 17.1 Å². The van der Waals surface area contributed by atoms with Gasteiger partial charge in [-0.05, 0) is 24.6 Å². The monoisotopic (exact) mass is 587 g/mol. The number of carboxylic acid groups (broad SMARTS) is 1. The van der Waals surface area contributed by atoms with Crippen molar-refractivity contribution in [1.82, 2.24) is 15.5 Å². The van der Waals surface area contributed by atoms with Gasteiger partial charge in [0.15, 0.2) is 0 Å². The van der Waals surface area contributed by atoms with E-state index in [-0.39, 0.29) is 42.6 Å². The third kappa shape index (κ3) is 12.2. The molecular weight excluding hydrogens is 555 g/mol. The molecule has 0 spiro atoms. The first kappa shape index (κ1) is 34.6. The zero-order chi connectivity index (χ0) is 30.3. The van der Waals surface area contributed by atoms with Crippen molar-refractivity contribution >= 4 is 12.3 Å². The molecule has 2 aromatic rings. The van der Waals surface area contributed by atoms with Crippen LogP contribution in [0.3, 0.4) is 0 Å². The summed E-state index contributed by atoms with van der Waals surface area (Å²) in [5, 5.41) is 19.7. The van der Waals surface area contributed by atoms with Gasteiger partial charge in [0.2, 0.25) is 11.7 Å². The fourth-order valence-electron chi connectivity index (χ4n) is 3.46. The van der Waals surface area contributed by atoms with Gasteiger partial charge in [-0.15, -0.1) is 0 Å². The van der Waals surface area contributed by atoms with E-state index in [9.17, 15) is 30.7 Å². The smallest absolute Gasteiger partial charge is 0.490 e. The summed E-state index contributed by atoms with van der Waals surface area (Å²) >= 11 is 0. The molecule has 0 amide bonds. The van der Waals surface area contributed by atoms with Crippen molar-refractivity contribution in [2.75, 3.05) is 13.2 Å². The second-order valence-electron chi connectivity index (χ2n) is 8.54. The molecule has 1 aromatic heterocycles. The van der Waals surface area contributed by atoms with E-state index in [0.717, 1.165) is 38.1 Å². The number of unbranched alkanes of at least 4 members (excludes halogenated alkanes) is 5. The van der Waals surface area contributed by atoms with Crippen molar-refractivity contribution in [3.63, 3.8) is 0 Å². The molecule has 3 rings (SSSR count). The summed E-state index contributed by atoms with van der Waals surface area (Å²) in [6.07, 6.45) is -3.58. The van der Waals surface area contributed by atoms with Crippen molar-refractivity contribution in [3.05, 3.63) is 29.7 Å². The molecule has 16 heteroatoms. The minimum atomic E-state index is -5.08. The van der Waals surface area contributed by atoms with Crippen molar-refractivity contribution in [2.45, 2.75) is 76.4 Å². The number of nitrogens with one attached hydrogen (secondary N) is 2. The van der Waals surface area contributed by atoms with E-state index >= 15 is 0 Å². The lowest BCUT2D eigenvalue weighted by molar-refractivity contribution is -0.192. The summed E-state index contributed by atoms with van der Waals surface area (Å²) in [5.74, 6) is -2.77. The SMILES string of the molecule is CCCCCCCCOc1ccc(-c2noc([C@@H]3C[C@H](F)CN3)n2)cc1C(F)(F)F.N=CN.O=C(O)C(F)(F)F. The molecule has 0 unspecified atom stereocenters. The molecule has 0 saturated carbocycles. The second-order valence-corrected chi connectivity index (χ2v) is 8.54. The number of nitrogens with zero attached hydrogens (tertiary/aromatic N) is 2. The van der Waals surface area contributed by atoms with Crippen LogP contribution in [0.25, 0.3) is 11.4 Å². The van der Waals surface area contributed by atoms with Crippen LogP contribution in [0.4, 0.5) is 30.7 Å². The van der Waals surface area contributed by atoms with Gasteiger partial charge in [-0.2, -0.15) is 31.3 Å². The van der Waals surface area contributed by atoms with Crippen LogP contribution in [-0.4, -0.2) is 53.1 Å². The van der Waals surface area contributed by atoms with Crippen LogP contribution in [0.5, 0.6) is 5.75 Å². The maximum Gasteiger partial charge on any atom is 0.490 e. The number of nitrogens with two attached hydrogens (primary N) is 1. The fourth-order valence-corrected chi connectivity index (χ4v) is 3.46. The van der Waals surface area contributed by atoms with E-state index in [2.05, 4.69) is 28.1 Å². The molecule has 2 atom stereocenters. The Kier molecular flexibility index (Phi) is 14.4. The fraction of sp³-hybridized carbons (Fsp3) is 0.583. The zero-order valence-corrected chi connectivity index (χ0v) is 21.6. The highest BCUT2D eigenvalue weighted by atomic mass is 19.4. The highest BCUT2D eigenvalue weighted by Gasteiger charge is 2.38. The van der Waals surface area contributed by atoms with Crippen molar-refractivity contribution in [1.29, 1.82) is 5.41 Å². The Hall–Kier alpha value is -3.43. The molecule has 1 aliphatic heterocycles. The van der Waals surface area contributed by atoms with Crippen LogP contribution >= 0.6 is 0 Å². The number of benzene rings is 1. The third-order valence-electron chi connectivity index (χ3n) is 5.36. The van der Waals surface area contributed by atoms with Crippen molar-refractivity contribution < 1.29 is 49.9 Å². The average molecular weight is 588 g/mol. The van der Waals surface area contributed by atoms with Gasteiger partial charge < -0.3 is 25.4 Å². The van der Waals surface area contributed by atoms with Gasteiger partial charge in [-0.3, -0.25) is 5.41 Å². The first-order valence-corrected chi connectivity index (χ1v) is 12.3. The lowest BCUT2D eigenvalue weighted by Gasteiger charge is -2.14. The molecule has 226 valence electrons. The summed E-state index contributed by atoms with van der Waals surface area (Å²) in [6, 6.07) is 3.30. The molecule has 1 saturated heterocycles. The summed E-state index contributed by atoms with van der Waals surface area (Å²) in [7, 11) is 0. The lowest BCUT2D eigenvalue weighted by atomic mass is 10.1. The summed E-state index contributed by atoms with van der Waals surface area (Å²) in [4.78, 5) is 13.0. The Morgan fingerprint density at radius 1 is 1.20 bits per heavy atom. The Morgan fingerprint density at radius 3 is 2.33 bits per heavy atom. The van der Waals surface area contributed by atoms with Crippen LogP contribution in [0.2, 0.25) is 0 Å². The lowest BCUT2D eigenvalue weighted by Crippen LogP contribution is -2.21. The van der Waals surface area contributed by atoms with Gasteiger partial charge in [0.1, 0.15) is 11.9 Å². The number of rotatable bonds is 10. The summed E-state index contributed by atoms with van der Waals surface area (Å²) < 4.78 is 96.3. The number of carboxylic acids is 1. The summed E-state index contributed by atoms with van der Waals surface area (Å²) in [5.41, 5.74) is 3.68. The number of halogens is 7. The summed E-state index contributed by atoms with van der Waals surface area (Å²) in [6.45, 7) is 2.55. The predicted molar refractivity (Wildman–Crippen MR) is 131 cm³/mol. The van der Waals surface area contributed by atoms with Gasteiger partial charge in [0, 0.05) is 18.5 Å². The number of aliphatic carboxylic acids is 1. The van der Waals surface area contributed by atoms with Crippen LogP contribution < -0.4 is 15.8 Å². The van der Waals surface area contributed by atoms with Gasteiger partial charge in [0.05, 0.1) is 24.6 Å². The van der Waals surface area contributed by atoms with Crippen LogP contribution in [0.1, 0.15) is 69.4 Å². The zero-order valence-electron chi connectivity index (χ0n) is 21.6. The van der Waals surface area contributed by atoms with E-state index in [1.807, 2.05) is 0 Å². The van der Waals surface area contributed by atoms with Gasteiger partial charge >= 0.3 is 18.3 Å². The van der Waals surface area contributed by atoms with Crippen molar-refractivity contribution in [2.24, 2.45) is 5.73 Å². The van der Waals surface area contributed by atoms with Gasteiger partial charge in [-0.1, -0.05) is 44.2 Å². The molecule has 0 bridgehead atoms. The highest BCUT2D eigenvalue weighted by molar-refractivity contribution is 5.73. The number of carbonyl (C=O) groups is 1. The van der Waals surface area contributed by atoms with Crippen LogP contribution in [-0.2, 0) is 11.0 Å². The van der Waals surface area contributed by atoms with Crippen LogP contribution in [0, 0.1) is 5.41 Å². The molecular formula is C24H32F7N5O4. The molecule has 0 radical (unpaired) electrons. The average Bonchev–Trinajstić information content (AvgIpc) is 3.52. The molecule has 1 aromatic carbocycles. The molecule has 1 fully saturated rings. The molecule has 40 heavy (non-hydrogen) atoms. The van der Waals surface area contributed by atoms with Gasteiger partial charge in [0.25, 0.3) is 0 Å². The Balaban J connectivity index is 0.000000687. The molecule has 9 nitrogen and oxygen atoms in total. The van der Waals surface area contributed by atoms with E-state index < -0.39 is 36.1 Å². The van der Waals surface area contributed by atoms with E-state index in [4.69, 9.17) is 24.6 Å². The normalized spacial score (nSPS) is 16.8. The third-order valence-corrected chi connectivity index (χ3v) is 5.36.